The lowest BCUT2D eigenvalue weighted by atomic mass is 10.4. The summed E-state index contributed by atoms with van der Waals surface area (Å²) in [5.74, 6) is 3.25. The third-order valence-corrected chi connectivity index (χ3v) is 1.96. The van der Waals surface area contributed by atoms with Crippen molar-refractivity contribution < 1.29 is 0 Å². The van der Waals surface area contributed by atoms with Crippen LogP contribution in [0.1, 0.15) is 5.69 Å². The van der Waals surface area contributed by atoms with Crippen LogP contribution in [0.3, 0.4) is 0 Å². The van der Waals surface area contributed by atoms with Crippen molar-refractivity contribution in [3.05, 3.63) is 30.1 Å². The molecule has 0 aliphatic carbocycles. The van der Waals surface area contributed by atoms with E-state index in [2.05, 4.69) is 16.0 Å². The maximum Gasteiger partial charge on any atom is 0.160 e. The first kappa shape index (κ1) is 9.09. The molecule has 4 N–H and O–H groups in total. The number of hydrogen-bond donors (Lipinski definition) is 2. The van der Waals surface area contributed by atoms with Crippen LogP contribution in [-0.2, 0) is 0 Å². The van der Waals surface area contributed by atoms with Crippen molar-refractivity contribution >= 4 is 11.5 Å². The first-order valence-corrected chi connectivity index (χ1v) is 4.26. The molecule has 5 heteroatoms. The van der Waals surface area contributed by atoms with Crippen LogP contribution in [0.5, 0.6) is 0 Å². The number of aromatic nitrogens is 3. The lowest BCUT2D eigenvalue weighted by Crippen LogP contribution is -2.04. The van der Waals surface area contributed by atoms with E-state index in [-0.39, 0.29) is 0 Å². The summed E-state index contributed by atoms with van der Waals surface area (Å²) in [5, 5.41) is 4.07. The van der Waals surface area contributed by atoms with Gasteiger partial charge in [-0.05, 0) is 18.1 Å². The van der Waals surface area contributed by atoms with E-state index in [1.165, 1.54) is 4.68 Å². The normalized spacial score (nSPS) is 9.80. The van der Waals surface area contributed by atoms with Crippen LogP contribution in [0.4, 0.5) is 11.5 Å². The van der Waals surface area contributed by atoms with Gasteiger partial charge in [0.2, 0.25) is 0 Å². The molecule has 0 amide bonds. The van der Waals surface area contributed by atoms with E-state index in [0.29, 0.717) is 23.0 Å². The van der Waals surface area contributed by atoms with Gasteiger partial charge in [-0.15, -0.1) is 6.42 Å². The minimum Gasteiger partial charge on any atom is -0.393 e. The van der Waals surface area contributed by atoms with Crippen LogP contribution in [0.2, 0.25) is 0 Å². The number of rotatable bonds is 1. The van der Waals surface area contributed by atoms with Gasteiger partial charge in [0.05, 0.1) is 0 Å². The molecule has 0 radical (unpaired) electrons. The van der Waals surface area contributed by atoms with E-state index in [4.69, 9.17) is 17.9 Å². The summed E-state index contributed by atoms with van der Waals surface area (Å²) in [4.78, 5) is 4.09. The van der Waals surface area contributed by atoms with Gasteiger partial charge in [-0.3, -0.25) is 0 Å². The van der Waals surface area contributed by atoms with Crippen molar-refractivity contribution in [3.8, 4) is 18.2 Å². The molecule has 0 aliphatic heterocycles. The van der Waals surface area contributed by atoms with Crippen LogP contribution in [0.15, 0.2) is 24.4 Å². The molecular formula is C10H9N5. The van der Waals surface area contributed by atoms with Crippen LogP contribution in [-0.4, -0.2) is 14.8 Å². The lowest BCUT2D eigenvalue weighted by Gasteiger charge is -2.01. The van der Waals surface area contributed by atoms with Gasteiger partial charge >= 0.3 is 0 Å². The van der Waals surface area contributed by atoms with Crippen molar-refractivity contribution in [1.82, 2.24) is 14.8 Å². The molecule has 5 nitrogen and oxygen atoms in total. The third-order valence-electron chi connectivity index (χ3n) is 1.96. The quantitative estimate of drug-likeness (QED) is 0.652. The minimum atomic E-state index is 0.307. The molecule has 0 saturated heterocycles. The Balaban J connectivity index is 2.61. The number of pyridine rings is 1. The Bertz CT molecular complexity index is 521. The molecule has 2 aromatic rings. The first-order chi connectivity index (χ1) is 7.24. The highest BCUT2D eigenvalue weighted by Gasteiger charge is 2.12. The van der Waals surface area contributed by atoms with Crippen molar-refractivity contribution in [2.45, 2.75) is 0 Å². The fourth-order valence-corrected chi connectivity index (χ4v) is 1.20. The van der Waals surface area contributed by atoms with Crippen molar-refractivity contribution in [1.29, 1.82) is 0 Å². The number of hydrogen-bond acceptors (Lipinski definition) is 4. The summed E-state index contributed by atoms with van der Waals surface area (Å²) in [5.41, 5.74) is 12.1. The highest BCUT2D eigenvalue weighted by Crippen LogP contribution is 2.21. The molecule has 0 unspecified atom stereocenters. The maximum atomic E-state index is 5.75. The molecule has 2 aromatic heterocycles. The summed E-state index contributed by atoms with van der Waals surface area (Å²) < 4.78 is 1.42. The fraction of sp³-hybridized carbons (Fsp3) is 0. The standard InChI is InChI=1S/C10H9N5/c1-2-7-9(11)10(12)15(14-7)8-5-3-4-6-13-8/h1,3-6H,11-12H2. The Kier molecular flexibility index (Phi) is 2.03. The Labute approximate surface area is 86.7 Å². The highest BCUT2D eigenvalue weighted by atomic mass is 15.3. The molecule has 0 aliphatic rings. The predicted molar refractivity (Wildman–Crippen MR) is 58.1 cm³/mol. The molecule has 2 rings (SSSR count). The van der Waals surface area contributed by atoms with E-state index in [1.54, 1.807) is 18.3 Å². The van der Waals surface area contributed by atoms with Gasteiger partial charge in [0, 0.05) is 6.20 Å². The second kappa shape index (κ2) is 3.35. The molecule has 0 fully saturated rings. The summed E-state index contributed by atoms with van der Waals surface area (Å²) in [7, 11) is 0. The molecule has 2 heterocycles. The molecule has 0 bridgehead atoms. The zero-order chi connectivity index (χ0) is 10.8. The summed E-state index contributed by atoms with van der Waals surface area (Å²) in [6, 6.07) is 5.40. The number of anilines is 2. The van der Waals surface area contributed by atoms with Gasteiger partial charge in [0.1, 0.15) is 5.69 Å². The number of nitrogen functional groups attached to an aromatic ring is 2. The lowest BCUT2D eigenvalue weighted by molar-refractivity contribution is 0.852. The Morgan fingerprint density at radius 1 is 1.33 bits per heavy atom. The van der Waals surface area contributed by atoms with E-state index >= 15 is 0 Å². The van der Waals surface area contributed by atoms with Crippen molar-refractivity contribution in [3.63, 3.8) is 0 Å². The summed E-state index contributed by atoms with van der Waals surface area (Å²) >= 11 is 0. The van der Waals surface area contributed by atoms with Crippen LogP contribution >= 0.6 is 0 Å². The second-order valence-electron chi connectivity index (χ2n) is 2.89. The van der Waals surface area contributed by atoms with Gasteiger partial charge in [-0.1, -0.05) is 6.07 Å². The molecule has 15 heavy (non-hydrogen) atoms. The van der Waals surface area contributed by atoms with Gasteiger partial charge in [-0.2, -0.15) is 9.78 Å². The fourth-order valence-electron chi connectivity index (χ4n) is 1.20. The molecule has 0 aromatic carbocycles. The van der Waals surface area contributed by atoms with Crippen LogP contribution < -0.4 is 11.5 Å². The summed E-state index contributed by atoms with van der Waals surface area (Å²) in [6.07, 6.45) is 6.87. The van der Waals surface area contributed by atoms with E-state index in [9.17, 15) is 0 Å². The number of terminal acetylenes is 1. The Morgan fingerprint density at radius 3 is 2.67 bits per heavy atom. The minimum absolute atomic E-state index is 0.307. The molecule has 0 spiro atoms. The second-order valence-corrected chi connectivity index (χ2v) is 2.89. The molecule has 0 atom stereocenters. The van der Waals surface area contributed by atoms with E-state index < -0.39 is 0 Å². The van der Waals surface area contributed by atoms with Crippen LogP contribution in [0, 0.1) is 12.3 Å². The van der Waals surface area contributed by atoms with Crippen LogP contribution in [0.25, 0.3) is 5.82 Å². The smallest absolute Gasteiger partial charge is 0.160 e. The summed E-state index contributed by atoms with van der Waals surface area (Å²) in [6.45, 7) is 0. The van der Waals surface area contributed by atoms with Gasteiger partial charge in [0.25, 0.3) is 0 Å². The zero-order valence-electron chi connectivity index (χ0n) is 7.88. The van der Waals surface area contributed by atoms with Gasteiger partial charge < -0.3 is 11.5 Å². The monoisotopic (exact) mass is 199 g/mol. The first-order valence-electron chi connectivity index (χ1n) is 4.26. The molecule has 0 saturated carbocycles. The highest BCUT2D eigenvalue weighted by molar-refractivity contribution is 5.68. The third kappa shape index (κ3) is 1.38. The zero-order valence-corrected chi connectivity index (χ0v) is 7.88. The Morgan fingerprint density at radius 2 is 2.13 bits per heavy atom. The van der Waals surface area contributed by atoms with Crippen molar-refractivity contribution in [2.75, 3.05) is 11.5 Å². The van der Waals surface area contributed by atoms with E-state index in [0.717, 1.165) is 0 Å². The SMILES string of the molecule is C#Cc1nn(-c2ccccn2)c(N)c1N. The molecule has 74 valence electrons. The number of nitrogens with zero attached hydrogens (tertiary/aromatic N) is 3. The van der Waals surface area contributed by atoms with Gasteiger partial charge in [0.15, 0.2) is 17.3 Å². The topological polar surface area (TPSA) is 82.8 Å². The Hall–Kier alpha value is -2.48. The average molecular weight is 199 g/mol. The largest absolute Gasteiger partial charge is 0.393 e. The van der Waals surface area contributed by atoms with Crippen molar-refractivity contribution in [2.24, 2.45) is 0 Å². The molecular weight excluding hydrogens is 190 g/mol. The van der Waals surface area contributed by atoms with E-state index in [1.807, 2.05) is 6.07 Å². The average Bonchev–Trinajstić information content (AvgIpc) is 2.57. The number of nitrogens with two attached hydrogens (primary N) is 2. The van der Waals surface area contributed by atoms with Gasteiger partial charge in [-0.25, -0.2) is 4.98 Å². The predicted octanol–water partition coefficient (Wildman–Crippen LogP) is 0.413. The maximum absolute atomic E-state index is 5.75.